The maximum Gasteiger partial charge on any atom is 0.407 e. The minimum Gasteiger partial charge on any atom is -0.444 e. The van der Waals surface area contributed by atoms with E-state index in [4.69, 9.17) is 9.73 Å². The van der Waals surface area contributed by atoms with Crippen LogP contribution in [-0.2, 0) is 4.74 Å². The number of rotatable bonds is 6. The predicted octanol–water partition coefficient (Wildman–Crippen LogP) is 2.50. The van der Waals surface area contributed by atoms with E-state index in [9.17, 15) is 4.79 Å². The zero-order valence-electron chi connectivity index (χ0n) is 18.7. The Morgan fingerprint density at radius 1 is 1.38 bits per heavy atom. The van der Waals surface area contributed by atoms with Crippen molar-refractivity contribution < 1.29 is 9.53 Å². The quantitative estimate of drug-likeness (QED) is 0.494. The normalized spacial score (nSPS) is 17.3. The fourth-order valence-corrected chi connectivity index (χ4v) is 3.27. The summed E-state index contributed by atoms with van der Waals surface area (Å²) in [6.45, 7) is 14.9. The molecule has 29 heavy (non-hydrogen) atoms. The van der Waals surface area contributed by atoms with Crippen LogP contribution in [0.3, 0.4) is 0 Å². The van der Waals surface area contributed by atoms with Crippen molar-refractivity contribution in [3.8, 4) is 0 Å². The summed E-state index contributed by atoms with van der Waals surface area (Å²) in [5, 5.41) is 13.3. The number of nitrogens with one attached hydrogen (secondary N) is 3. The van der Waals surface area contributed by atoms with Gasteiger partial charge in [-0.2, -0.15) is 5.10 Å². The Balaban J connectivity index is 1.96. The summed E-state index contributed by atoms with van der Waals surface area (Å²) in [6, 6.07) is -0.0924. The van der Waals surface area contributed by atoms with Gasteiger partial charge in [-0.25, -0.2) is 9.78 Å². The molecule has 0 saturated carbocycles. The van der Waals surface area contributed by atoms with Gasteiger partial charge in [0.05, 0.1) is 12.6 Å². The number of aromatic nitrogens is 3. The molecule has 0 radical (unpaired) electrons. The number of H-pyrrole nitrogens is 1. The lowest BCUT2D eigenvalue weighted by Gasteiger charge is -2.34. The standard InChI is InChI=1S/C20H37N7O2/c1-7-21-18(27-10-8-15(9-11-27)17-23-13-24-26-17)22-12-16(14(2)3)25-19(28)29-20(4,5)6/h13-16H,7-12H2,1-6H3,(H,21,22)(H,25,28)(H,23,24,26). The van der Waals surface area contributed by atoms with E-state index in [1.165, 1.54) is 0 Å². The minimum atomic E-state index is -0.516. The van der Waals surface area contributed by atoms with E-state index in [2.05, 4.69) is 51.5 Å². The highest BCUT2D eigenvalue weighted by molar-refractivity contribution is 5.80. The van der Waals surface area contributed by atoms with Crippen LogP contribution >= 0.6 is 0 Å². The van der Waals surface area contributed by atoms with Crippen LogP contribution in [0.5, 0.6) is 0 Å². The Kier molecular flexibility index (Phi) is 8.28. The van der Waals surface area contributed by atoms with E-state index in [1.807, 2.05) is 20.8 Å². The maximum atomic E-state index is 12.2. The van der Waals surface area contributed by atoms with Crippen molar-refractivity contribution >= 4 is 12.1 Å². The number of guanidine groups is 1. The number of aliphatic imine (C=N–C) groups is 1. The fourth-order valence-electron chi connectivity index (χ4n) is 3.27. The highest BCUT2D eigenvalue weighted by Crippen LogP contribution is 2.25. The maximum absolute atomic E-state index is 12.2. The molecule has 0 spiro atoms. The molecule has 1 saturated heterocycles. The van der Waals surface area contributed by atoms with Crippen molar-refractivity contribution in [2.24, 2.45) is 10.9 Å². The van der Waals surface area contributed by atoms with Crippen LogP contribution in [0.25, 0.3) is 0 Å². The summed E-state index contributed by atoms with van der Waals surface area (Å²) < 4.78 is 5.40. The third kappa shape index (κ3) is 7.55. The summed E-state index contributed by atoms with van der Waals surface area (Å²) in [5.41, 5.74) is -0.516. The Morgan fingerprint density at radius 2 is 2.07 bits per heavy atom. The van der Waals surface area contributed by atoms with Gasteiger partial charge in [0.25, 0.3) is 0 Å². The van der Waals surface area contributed by atoms with Crippen LogP contribution in [0.2, 0.25) is 0 Å². The van der Waals surface area contributed by atoms with E-state index in [0.717, 1.165) is 44.3 Å². The number of piperidine rings is 1. The number of carbonyl (C=O) groups is 1. The van der Waals surface area contributed by atoms with E-state index in [0.29, 0.717) is 12.5 Å². The highest BCUT2D eigenvalue weighted by Gasteiger charge is 2.25. The molecular weight excluding hydrogens is 370 g/mol. The number of amides is 1. The molecule has 0 aromatic carbocycles. The molecule has 164 valence electrons. The zero-order chi connectivity index (χ0) is 21.4. The summed E-state index contributed by atoms with van der Waals surface area (Å²) >= 11 is 0. The van der Waals surface area contributed by atoms with Crippen LogP contribution in [0.15, 0.2) is 11.3 Å². The zero-order valence-corrected chi connectivity index (χ0v) is 18.7. The molecule has 9 nitrogen and oxygen atoms in total. The molecular formula is C20H37N7O2. The van der Waals surface area contributed by atoms with Gasteiger partial charge in [-0.15, -0.1) is 0 Å². The lowest BCUT2D eigenvalue weighted by molar-refractivity contribution is 0.0493. The SMILES string of the molecule is CCNC(=NCC(NC(=O)OC(C)(C)C)C(C)C)N1CCC(c2ncn[nH]2)CC1. The molecule has 1 aromatic rings. The third-order valence-corrected chi connectivity index (χ3v) is 4.89. The first-order valence-electron chi connectivity index (χ1n) is 10.6. The van der Waals surface area contributed by atoms with Gasteiger partial charge in [-0.1, -0.05) is 13.8 Å². The third-order valence-electron chi connectivity index (χ3n) is 4.89. The van der Waals surface area contributed by atoms with Gasteiger partial charge in [0.2, 0.25) is 0 Å². The Labute approximate surface area is 174 Å². The van der Waals surface area contributed by atoms with Crippen LogP contribution in [-0.4, -0.2) is 70.0 Å². The van der Waals surface area contributed by atoms with Gasteiger partial charge in [0.15, 0.2) is 5.96 Å². The Hall–Kier alpha value is -2.32. The first-order chi connectivity index (χ1) is 13.7. The number of carbonyl (C=O) groups excluding carboxylic acids is 1. The second kappa shape index (κ2) is 10.5. The lowest BCUT2D eigenvalue weighted by atomic mass is 9.96. The lowest BCUT2D eigenvalue weighted by Crippen LogP contribution is -2.47. The molecule has 9 heteroatoms. The second-order valence-electron chi connectivity index (χ2n) is 8.82. The number of alkyl carbamates (subject to hydrolysis) is 1. The van der Waals surface area contributed by atoms with Crippen molar-refractivity contribution in [2.45, 2.75) is 71.9 Å². The predicted molar refractivity (Wildman–Crippen MR) is 114 cm³/mol. The van der Waals surface area contributed by atoms with Crippen molar-refractivity contribution in [2.75, 3.05) is 26.2 Å². The van der Waals surface area contributed by atoms with Crippen LogP contribution in [0, 0.1) is 5.92 Å². The molecule has 2 rings (SSSR count). The molecule has 1 aromatic heterocycles. The Bertz CT molecular complexity index is 644. The topological polar surface area (TPSA) is 108 Å². The molecule has 1 fully saturated rings. The average Bonchev–Trinajstić information content (AvgIpc) is 3.17. The number of ether oxygens (including phenoxy) is 1. The molecule has 0 bridgehead atoms. The summed E-state index contributed by atoms with van der Waals surface area (Å²) in [5.74, 6) is 2.51. The molecule has 1 unspecified atom stereocenters. The largest absolute Gasteiger partial charge is 0.444 e. The minimum absolute atomic E-state index is 0.0924. The summed E-state index contributed by atoms with van der Waals surface area (Å²) in [6.07, 6.45) is 3.17. The first kappa shape index (κ1) is 23.0. The van der Waals surface area contributed by atoms with Crippen molar-refractivity contribution in [1.82, 2.24) is 30.7 Å². The number of likely N-dealkylation sites (tertiary alicyclic amines) is 1. The first-order valence-corrected chi connectivity index (χ1v) is 10.6. The average molecular weight is 408 g/mol. The summed E-state index contributed by atoms with van der Waals surface area (Å²) in [4.78, 5) is 23.6. The smallest absolute Gasteiger partial charge is 0.407 e. The monoisotopic (exact) mass is 407 g/mol. The number of hydrogen-bond acceptors (Lipinski definition) is 5. The molecule has 0 aliphatic carbocycles. The highest BCUT2D eigenvalue weighted by atomic mass is 16.6. The molecule has 2 heterocycles. The molecule has 1 aliphatic heterocycles. The van der Waals surface area contributed by atoms with Gasteiger partial charge in [0, 0.05) is 25.6 Å². The van der Waals surface area contributed by atoms with E-state index in [1.54, 1.807) is 6.33 Å². The molecule has 3 N–H and O–H groups in total. The van der Waals surface area contributed by atoms with Gasteiger partial charge in [-0.05, 0) is 46.5 Å². The van der Waals surface area contributed by atoms with Crippen LogP contribution in [0.1, 0.15) is 66.1 Å². The van der Waals surface area contributed by atoms with Crippen molar-refractivity contribution in [3.05, 3.63) is 12.2 Å². The summed E-state index contributed by atoms with van der Waals surface area (Å²) in [7, 11) is 0. The number of nitrogens with zero attached hydrogens (tertiary/aromatic N) is 4. The van der Waals surface area contributed by atoms with Gasteiger partial charge < -0.3 is 20.3 Å². The van der Waals surface area contributed by atoms with E-state index in [-0.39, 0.29) is 12.0 Å². The van der Waals surface area contributed by atoms with Crippen LogP contribution in [0.4, 0.5) is 4.79 Å². The van der Waals surface area contributed by atoms with Crippen molar-refractivity contribution in [3.63, 3.8) is 0 Å². The van der Waals surface area contributed by atoms with Crippen LogP contribution < -0.4 is 10.6 Å². The van der Waals surface area contributed by atoms with E-state index >= 15 is 0 Å². The second-order valence-corrected chi connectivity index (χ2v) is 8.82. The molecule has 1 amide bonds. The number of hydrogen-bond donors (Lipinski definition) is 3. The molecule has 1 aliphatic rings. The number of aromatic amines is 1. The van der Waals surface area contributed by atoms with E-state index < -0.39 is 11.7 Å². The molecule has 1 atom stereocenters. The van der Waals surface area contributed by atoms with Crippen molar-refractivity contribution in [1.29, 1.82) is 0 Å². The Morgan fingerprint density at radius 3 is 2.59 bits per heavy atom. The van der Waals surface area contributed by atoms with Gasteiger partial charge in [-0.3, -0.25) is 10.1 Å². The van der Waals surface area contributed by atoms with Gasteiger partial charge in [0.1, 0.15) is 17.8 Å². The van der Waals surface area contributed by atoms with Gasteiger partial charge >= 0.3 is 6.09 Å². The fraction of sp³-hybridized carbons (Fsp3) is 0.800.